The summed E-state index contributed by atoms with van der Waals surface area (Å²) in [5, 5.41) is 10.9. The van der Waals surface area contributed by atoms with E-state index in [1.54, 1.807) is 19.1 Å². The van der Waals surface area contributed by atoms with Gasteiger partial charge in [0.15, 0.2) is 0 Å². The third-order valence-corrected chi connectivity index (χ3v) is 2.57. The smallest absolute Gasteiger partial charge is 0.311 e. The first-order valence-corrected chi connectivity index (χ1v) is 5.76. The van der Waals surface area contributed by atoms with Crippen LogP contribution < -0.4 is 4.74 Å². The predicted molar refractivity (Wildman–Crippen MR) is 67.6 cm³/mol. The molecule has 0 saturated carbocycles. The largest absolute Gasteiger partial charge is 0.432 e. The summed E-state index contributed by atoms with van der Waals surface area (Å²) in [7, 11) is 0. The third kappa shape index (κ3) is 2.80. The number of aromatic nitrogens is 2. The highest BCUT2D eigenvalue weighted by Crippen LogP contribution is 2.31. The Balaban J connectivity index is 2.37. The van der Waals surface area contributed by atoms with Gasteiger partial charge in [-0.25, -0.2) is 9.97 Å². The van der Waals surface area contributed by atoms with Crippen LogP contribution in [0.5, 0.6) is 11.6 Å². The van der Waals surface area contributed by atoms with E-state index in [0.717, 1.165) is 5.56 Å². The van der Waals surface area contributed by atoms with Crippen LogP contribution in [0.1, 0.15) is 5.56 Å². The Morgan fingerprint density at radius 3 is 2.78 bits per heavy atom. The number of benzene rings is 1. The van der Waals surface area contributed by atoms with Crippen molar-refractivity contribution in [1.29, 1.82) is 0 Å². The normalized spacial score (nSPS) is 10.1. The van der Waals surface area contributed by atoms with Gasteiger partial charge in [0.25, 0.3) is 0 Å². The Labute approximate surface area is 111 Å². The fourth-order valence-electron chi connectivity index (χ4n) is 1.34. The predicted octanol–water partition coefficient (Wildman–Crippen LogP) is 3.25. The summed E-state index contributed by atoms with van der Waals surface area (Å²) in [6.07, 6.45) is 1.31. The first-order chi connectivity index (χ1) is 8.56. The maximum atomic E-state index is 10.9. The summed E-state index contributed by atoms with van der Waals surface area (Å²) in [6.45, 7) is 1.78. The third-order valence-electron chi connectivity index (χ3n) is 2.13. The molecule has 0 aliphatic carbocycles. The van der Waals surface area contributed by atoms with Gasteiger partial charge in [-0.1, -0.05) is 6.07 Å². The van der Waals surface area contributed by atoms with Crippen LogP contribution in [0, 0.1) is 17.0 Å². The lowest BCUT2D eigenvalue weighted by molar-refractivity contribution is -0.385. The van der Waals surface area contributed by atoms with Crippen LogP contribution in [0.3, 0.4) is 0 Å². The molecule has 0 saturated heterocycles. The van der Waals surface area contributed by atoms with E-state index in [2.05, 4.69) is 25.9 Å². The quantitative estimate of drug-likeness (QED) is 0.494. The molecule has 0 spiro atoms. The van der Waals surface area contributed by atoms with Gasteiger partial charge in [-0.05, 0) is 34.5 Å². The molecule has 0 amide bonds. The van der Waals surface area contributed by atoms with Crippen molar-refractivity contribution in [2.75, 3.05) is 0 Å². The summed E-state index contributed by atoms with van der Waals surface area (Å²) in [6, 6.07) is 6.26. The molecule has 2 aromatic rings. The van der Waals surface area contributed by atoms with Crippen LogP contribution in [0.25, 0.3) is 0 Å². The monoisotopic (exact) mass is 309 g/mol. The Hall–Kier alpha value is -2.02. The van der Waals surface area contributed by atoms with Gasteiger partial charge in [-0.2, -0.15) is 0 Å². The highest BCUT2D eigenvalue weighted by atomic mass is 79.9. The number of halogens is 1. The van der Waals surface area contributed by atoms with E-state index in [4.69, 9.17) is 4.74 Å². The highest BCUT2D eigenvalue weighted by molar-refractivity contribution is 9.10. The van der Waals surface area contributed by atoms with Gasteiger partial charge in [-0.3, -0.25) is 10.1 Å². The van der Waals surface area contributed by atoms with Crippen LogP contribution in [0.4, 0.5) is 5.69 Å². The van der Waals surface area contributed by atoms with Crippen LogP contribution in [0.2, 0.25) is 0 Å². The highest BCUT2D eigenvalue weighted by Gasteiger charge is 2.16. The second-order valence-corrected chi connectivity index (χ2v) is 4.32. The van der Waals surface area contributed by atoms with E-state index in [-0.39, 0.29) is 17.3 Å². The molecule has 92 valence electrons. The van der Waals surface area contributed by atoms with Crippen LogP contribution >= 0.6 is 15.9 Å². The number of nitrogens with zero attached hydrogens (tertiary/aromatic N) is 3. The Morgan fingerprint density at radius 2 is 2.11 bits per heavy atom. The lowest BCUT2D eigenvalue weighted by Crippen LogP contribution is -1.95. The zero-order chi connectivity index (χ0) is 13.1. The topological polar surface area (TPSA) is 78.2 Å². The van der Waals surface area contributed by atoms with Gasteiger partial charge in [0, 0.05) is 12.1 Å². The van der Waals surface area contributed by atoms with Crippen molar-refractivity contribution in [2.24, 2.45) is 0 Å². The van der Waals surface area contributed by atoms with E-state index >= 15 is 0 Å². The van der Waals surface area contributed by atoms with E-state index < -0.39 is 4.92 Å². The number of aryl methyl sites for hydroxylation is 1. The molecule has 7 heteroatoms. The van der Waals surface area contributed by atoms with E-state index in [9.17, 15) is 10.1 Å². The molecule has 2 rings (SSSR count). The van der Waals surface area contributed by atoms with Crippen LogP contribution in [-0.2, 0) is 0 Å². The minimum atomic E-state index is -0.488. The van der Waals surface area contributed by atoms with Gasteiger partial charge >= 0.3 is 5.69 Å². The number of hydrogen-bond acceptors (Lipinski definition) is 5. The summed E-state index contributed by atoms with van der Waals surface area (Å²) in [5.74, 6) is 0.389. The number of rotatable bonds is 3. The van der Waals surface area contributed by atoms with Crippen molar-refractivity contribution in [2.45, 2.75) is 6.92 Å². The number of ether oxygens (including phenoxy) is 1. The Morgan fingerprint density at radius 1 is 1.33 bits per heavy atom. The molecule has 1 heterocycles. The summed E-state index contributed by atoms with van der Waals surface area (Å²) in [4.78, 5) is 18.1. The van der Waals surface area contributed by atoms with Gasteiger partial charge in [0.05, 0.1) is 4.92 Å². The van der Waals surface area contributed by atoms with Crippen molar-refractivity contribution in [3.63, 3.8) is 0 Å². The fourth-order valence-corrected chi connectivity index (χ4v) is 1.63. The summed E-state index contributed by atoms with van der Waals surface area (Å²) in [5.41, 5.74) is 0.697. The Bertz CT molecular complexity index is 604. The molecule has 18 heavy (non-hydrogen) atoms. The summed E-state index contributed by atoms with van der Waals surface area (Å²) < 4.78 is 5.93. The molecule has 6 nitrogen and oxygen atoms in total. The van der Waals surface area contributed by atoms with E-state index in [1.165, 1.54) is 18.5 Å². The molecule has 0 N–H and O–H groups in total. The molecular weight excluding hydrogens is 302 g/mol. The SMILES string of the molecule is Cc1ccc(Oc2cc(Br)ncn2)c([N+](=O)[O-])c1. The average Bonchev–Trinajstić information content (AvgIpc) is 2.31. The van der Waals surface area contributed by atoms with Gasteiger partial charge < -0.3 is 4.74 Å². The standard InChI is InChI=1S/C11H8BrN3O3/c1-7-2-3-9(8(4-7)15(16)17)18-11-5-10(12)13-6-14-11/h2-6H,1H3. The number of nitro groups is 1. The second kappa shape index (κ2) is 5.09. The average molecular weight is 310 g/mol. The van der Waals surface area contributed by atoms with E-state index in [0.29, 0.717) is 4.60 Å². The van der Waals surface area contributed by atoms with Crippen molar-refractivity contribution < 1.29 is 9.66 Å². The molecule has 0 aliphatic heterocycles. The van der Waals surface area contributed by atoms with Gasteiger partial charge in [0.1, 0.15) is 10.9 Å². The van der Waals surface area contributed by atoms with Crippen molar-refractivity contribution in [1.82, 2.24) is 9.97 Å². The van der Waals surface area contributed by atoms with Gasteiger partial charge in [0.2, 0.25) is 11.6 Å². The number of hydrogen-bond donors (Lipinski definition) is 0. The minimum absolute atomic E-state index is 0.0928. The first-order valence-electron chi connectivity index (χ1n) is 4.96. The zero-order valence-corrected chi connectivity index (χ0v) is 10.9. The molecule has 0 unspecified atom stereocenters. The van der Waals surface area contributed by atoms with Crippen molar-refractivity contribution >= 4 is 21.6 Å². The lowest BCUT2D eigenvalue weighted by Gasteiger charge is -2.05. The summed E-state index contributed by atoms with van der Waals surface area (Å²) >= 11 is 3.17. The molecule has 0 fully saturated rings. The van der Waals surface area contributed by atoms with Crippen LogP contribution in [0.15, 0.2) is 35.2 Å². The van der Waals surface area contributed by atoms with Gasteiger partial charge in [-0.15, -0.1) is 0 Å². The number of nitro benzene ring substituents is 1. The molecule has 0 radical (unpaired) electrons. The minimum Gasteiger partial charge on any atom is -0.432 e. The zero-order valence-electron chi connectivity index (χ0n) is 9.33. The van der Waals surface area contributed by atoms with Crippen LogP contribution in [-0.4, -0.2) is 14.9 Å². The first kappa shape index (κ1) is 12.4. The Kier molecular flexibility index (Phi) is 3.52. The molecule has 0 bridgehead atoms. The second-order valence-electron chi connectivity index (χ2n) is 3.51. The fraction of sp³-hybridized carbons (Fsp3) is 0.0909. The molecule has 1 aromatic heterocycles. The lowest BCUT2D eigenvalue weighted by atomic mass is 10.2. The molecular formula is C11H8BrN3O3. The maximum absolute atomic E-state index is 10.9. The molecule has 0 atom stereocenters. The van der Waals surface area contributed by atoms with E-state index in [1.807, 2.05) is 0 Å². The van der Waals surface area contributed by atoms with Crippen molar-refractivity contribution in [3.8, 4) is 11.6 Å². The van der Waals surface area contributed by atoms with Crippen molar-refractivity contribution in [3.05, 3.63) is 50.9 Å². The molecule has 1 aromatic carbocycles. The molecule has 0 aliphatic rings. The maximum Gasteiger partial charge on any atom is 0.311 e.